The van der Waals surface area contributed by atoms with Crippen LogP contribution < -0.4 is 5.32 Å². The van der Waals surface area contributed by atoms with E-state index in [1.807, 2.05) is 6.92 Å². The highest BCUT2D eigenvalue weighted by Crippen LogP contribution is 2.25. The second kappa shape index (κ2) is 5.69. The van der Waals surface area contributed by atoms with E-state index in [4.69, 9.17) is 4.42 Å². The van der Waals surface area contributed by atoms with Crippen LogP contribution in [-0.4, -0.2) is 36.5 Å². The van der Waals surface area contributed by atoms with E-state index in [-0.39, 0.29) is 23.5 Å². The van der Waals surface area contributed by atoms with Gasteiger partial charge in [-0.2, -0.15) is 0 Å². The second-order valence-electron chi connectivity index (χ2n) is 5.20. The minimum absolute atomic E-state index is 0.119. The van der Waals surface area contributed by atoms with Gasteiger partial charge in [-0.15, -0.1) is 0 Å². The van der Waals surface area contributed by atoms with Gasteiger partial charge in [-0.25, -0.2) is 4.39 Å². The SMILES string of the molecule is C[C@@H]1CNCCN1C(=O)c1ccc(-c2ccccc2F)o1. The molecule has 1 atom stereocenters. The van der Waals surface area contributed by atoms with Gasteiger partial charge in [0.05, 0.1) is 5.56 Å². The van der Waals surface area contributed by atoms with E-state index in [0.717, 1.165) is 13.1 Å². The van der Waals surface area contributed by atoms with Crippen LogP contribution in [0, 0.1) is 5.82 Å². The molecule has 110 valence electrons. The van der Waals surface area contributed by atoms with E-state index in [9.17, 15) is 9.18 Å². The molecule has 1 aromatic heterocycles. The first kappa shape index (κ1) is 13.8. The molecule has 21 heavy (non-hydrogen) atoms. The molecule has 1 aliphatic rings. The molecule has 1 saturated heterocycles. The van der Waals surface area contributed by atoms with Crippen LogP contribution in [0.3, 0.4) is 0 Å². The maximum atomic E-state index is 13.7. The van der Waals surface area contributed by atoms with Gasteiger partial charge in [0.2, 0.25) is 0 Å². The van der Waals surface area contributed by atoms with Crippen molar-refractivity contribution in [3.05, 3.63) is 48.0 Å². The standard InChI is InChI=1S/C16H17FN2O2/c1-11-10-18-8-9-19(11)16(20)15-7-6-14(21-15)12-4-2-3-5-13(12)17/h2-7,11,18H,8-10H2,1H3/t11-/m1/s1. The van der Waals surface area contributed by atoms with E-state index in [2.05, 4.69) is 5.32 Å². The summed E-state index contributed by atoms with van der Waals surface area (Å²) in [5.74, 6) is 0.120. The zero-order chi connectivity index (χ0) is 14.8. The number of halogens is 1. The van der Waals surface area contributed by atoms with E-state index in [0.29, 0.717) is 17.9 Å². The van der Waals surface area contributed by atoms with Gasteiger partial charge >= 0.3 is 0 Å². The molecule has 1 aromatic carbocycles. The van der Waals surface area contributed by atoms with Crippen LogP contribution in [0.1, 0.15) is 17.5 Å². The summed E-state index contributed by atoms with van der Waals surface area (Å²) in [4.78, 5) is 14.2. The predicted octanol–water partition coefficient (Wildman–Crippen LogP) is 2.52. The van der Waals surface area contributed by atoms with E-state index >= 15 is 0 Å². The molecular weight excluding hydrogens is 271 g/mol. The number of nitrogens with one attached hydrogen (secondary N) is 1. The van der Waals surface area contributed by atoms with Gasteiger partial charge in [0, 0.05) is 25.7 Å². The fraction of sp³-hybridized carbons (Fsp3) is 0.312. The van der Waals surface area contributed by atoms with Gasteiger partial charge in [-0.3, -0.25) is 4.79 Å². The van der Waals surface area contributed by atoms with Crippen LogP contribution >= 0.6 is 0 Å². The predicted molar refractivity (Wildman–Crippen MR) is 77.5 cm³/mol. The molecule has 0 spiro atoms. The van der Waals surface area contributed by atoms with Gasteiger partial charge in [-0.05, 0) is 31.2 Å². The minimum atomic E-state index is -0.360. The maximum absolute atomic E-state index is 13.7. The number of benzene rings is 1. The van der Waals surface area contributed by atoms with Gasteiger partial charge in [0.15, 0.2) is 5.76 Å². The summed E-state index contributed by atoms with van der Waals surface area (Å²) in [6, 6.07) is 9.73. The zero-order valence-electron chi connectivity index (χ0n) is 11.8. The summed E-state index contributed by atoms with van der Waals surface area (Å²) < 4.78 is 19.3. The Labute approximate surface area is 122 Å². The Hall–Kier alpha value is -2.14. The van der Waals surface area contributed by atoms with Crippen molar-refractivity contribution in [1.29, 1.82) is 0 Å². The van der Waals surface area contributed by atoms with E-state index in [1.54, 1.807) is 35.2 Å². The molecule has 0 saturated carbocycles. The summed E-state index contributed by atoms with van der Waals surface area (Å²) in [6.45, 7) is 4.18. The molecule has 0 aliphatic carbocycles. The van der Waals surface area contributed by atoms with Crippen molar-refractivity contribution in [3.8, 4) is 11.3 Å². The number of hydrogen-bond donors (Lipinski definition) is 1. The molecule has 1 N–H and O–H groups in total. The molecule has 0 bridgehead atoms. The lowest BCUT2D eigenvalue weighted by Crippen LogP contribution is -2.52. The van der Waals surface area contributed by atoms with Crippen LogP contribution in [-0.2, 0) is 0 Å². The Morgan fingerprint density at radius 2 is 2.14 bits per heavy atom. The second-order valence-corrected chi connectivity index (χ2v) is 5.20. The van der Waals surface area contributed by atoms with Crippen LogP contribution in [0.4, 0.5) is 4.39 Å². The first-order chi connectivity index (χ1) is 10.2. The molecule has 3 rings (SSSR count). The Balaban J connectivity index is 1.85. The van der Waals surface area contributed by atoms with Crippen molar-refractivity contribution in [3.63, 3.8) is 0 Å². The highest BCUT2D eigenvalue weighted by Gasteiger charge is 2.26. The van der Waals surface area contributed by atoms with Crippen LogP contribution in [0.25, 0.3) is 11.3 Å². The van der Waals surface area contributed by atoms with Gasteiger partial charge in [0.1, 0.15) is 11.6 Å². The third kappa shape index (κ3) is 2.69. The number of carbonyl (C=O) groups excluding carboxylic acids is 1. The molecule has 5 heteroatoms. The largest absolute Gasteiger partial charge is 0.451 e. The first-order valence-electron chi connectivity index (χ1n) is 7.03. The van der Waals surface area contributed by atoms with Crippen molar-refractivity contribution in [1.82, 2.24) is 10.2 Å². The van der Waals surface area contributed by atoms with Crippen molar-refractivity contribution in [2.45, 2.75) is 13.0 Å². The molecule has 1 amide bonds. The van der Waals surface area contributed by atoms with Crippen molar-refractivity contribution in [2.24, 2.45) is 0 Å². The number of hydrogen-bond acceptors (Lipinski definition) is 3. The lowest BCUT2D eigenvalue weighted by atomic mass is 10.1. The monoisotopic (exact) mass is 288 g/mol. The van der Waals surface area contributed by atoms with Crippen molar-refractivity contribution >= 4 is 5.91 Å². The smallest absolute Gasteiger partial charge is 0.289 e. The Morgan fingerprint density at radius 1 is 1.33 bits per heavy atom. The number of carbonyl (C=O) groups is 1. The fourth-order valence-electron chi connectivity index (χ4n) is 2.54. The highest BCUT2D eigenvalue weighted by molar-refractivity contribution is 5.92. The molecule has 1 fully saturated rings. The minimum Gasteiger partial charge on any atom is -0.451 e. The number of rotatable bonds is 2. The number of furan rings is 1. The average Bonchev–Trinajstić information content (AvgIpc) is 2.97. The number of amides is 1. The molecule has 1 aliphatic heterocycles. The molecule has 0 radical (unpaired) electrons. The summed E-state index contributed by atoms with van der Waals surface area (Å²) >= 11 is 0. The Morgan fingerprint density at radius 3 is 2.90 bits per heavy atom. The molecular formula is C16H17FN2O2. The Bertz CT molecular complexity index is 653. The third-order valence-electron chi connectivity index (χ3n) is 3.72. The third-order valence-corrected chi connectivity index (χ3v) is 3.72. The number of nitrogens with zero attached hydrogens (tertiary/aromatic N) is 1. The fourth-order valence-corrected chi connectivity index (χ4v) is 2.54. The van der Waals surface area contributed by atoms with Crippen LogP contribution in [0.2, 0.25) is 0 Å². The molecule has 0 unspecified atom stereocenters. The normalized spacial score (nSPS) is 18.8. The summed E-state index contributed by atoms with van der Waals surface area (Å²) in [7, 11) is 0. The topological polar surface area (TPSA) is 45.5 Å². The maximum Gasteiger partial charge on any atom is 0.289 e. The zero-order valence-corrected chi connectivity index (χ0v) is 11.8. The van der Waals surface area contributed by atoms with Gasteiger partial charge < -0.3 is 14.6 Å². The molecule has 4 nitrogen and oxygen atoms in total. The van der Waals surface area contributed by atoms with Gasteiger partial charge in [0.25, 0.3) is 5.91 Å². The summed E-state index contributed by atoms with van der Waals surface area (Å²) in [6.07, 6.45) is 0. The average molecular weight is 288 g/mol. The number of piperazine rings is 1. The van der Waals surface area contributed by atoms with Crippen molar-refractivity contribution < 1.29 is 13.6 Å². The lowest BCUT2D eigenvalue weighted by molar-refractivity contribution is 0.0624. The van der Waals surface area contributed by atoms with E-state index in [1.165, 1.54) is 6.07 Å². The summed E-state index contributed by atoms with van der Waals surface area (Å²) in [5.41, 5.74) is 0.366. The molecule has 2 heterocycles. The Kier molecular flexibility index (Phi) is 3.75. The summed E-state index contributed by atoms with van der Waals surface area (Å²) in [5, 5.41) is 3.24. The van der Waals surface area contributed by atoms with Crippen molar-refractivity contribution in [2.75, 3.05) is 19.6 Å². The van der Waals surface area contributed by atoms with Gasteiger partial charge in [-0.1, -0.05) is 12.1 Å². The van der Waals surface area contributed by atoms with Crippen LogP contribution in [0.15, 0.2) is 40.8 Å². The first-order valence-corrected chi connectivity index (χ1v) is 7.03. The highest BCUT2D eigenvalue weighted by atomic mass is 19.1. The van der Waals surface area contributed by atoms with E-state index < -0.39 is 0 Å². The molecule has 2 aromatic rings. The van der Waals surface area contributed by atoms with Crippen LogP contribution in [0.5, 0.6) is 0 Å². The lowest BCUT2D eigenvalue weighted by Gasteiger charge is -2.33. The quantitative estimate of drug-likeness (QED) is 0.923.